The highest BCUT2D eigenvalue weighted by Crippen LogP contribution is 2.34. The van der Waals surface area contributed by atoms with Crippen LogP contribution in [0.1, 0.15) is 25.3 Å². The maximum atomic E-state index is 5.39. The molecule has 0 heterocycles. The largest absolute Gasteiger partial charge is 0.496 e. The molecular formula is C18H30N4O. The van der Waals surface area contributed by atoms with Crippen molar-refractivity contribution in [3.63, 3.8) is 0 Å². The van der Waals surface area contributed by atoms with Gasteiger partial charge in [0.05, 0.1) is 13.7 Å². The molecule has 2 rings (SSSR count). The van der Waals surface area contributed by atoms with Crippen molar-refractivity contribution in [2.45, 2.75) is 32.4 Å². The number of rotatable bonds is 8. The number of guanidine groups is 1. The monoisotopic (exact) mass is 318 g/mol. The van der Waals surface area contributed by atoms with E-state index in [-0.39, 0.29) is 0 Å². The van der Waals surface area contributed by atoms with Gasteiger partial charge < -0.3 is 20.3 Å². The number of likely N-dealkylation sites (N-methyl/N-ethyl adjacent to an activating group) is 1. The molecule has 1 aliphatic rings. The Balaban J connectivity index is 1.96. The average Bonchev–Trinajstić information content (AvgIpc) is 3.37. The third-order valence-electron chi connectivity index (χ3n) is 4.25. The molecule has 0 amide bonds. The zero-order valence-corrected chi connectivity index (χ0v) is 14.8. The Morgan fingerprint density at radius 3 is 2.65 bits per heavy atom. The number of benzene rings is 1. The second kappa shape index (κ2) is 8.77. The van der Waals surface area contributed by atoms with Crippen molar-refractivity contribution in [3.05, 3.63) is 29.8 Å². The first-order valence-corrected chi connectivity index (χ1v) is 8.46. The van der Waals surface area contributed by atoms with Crippen molar-refractivity contribution < 1.29 is 4.74 Å². The number of nitrogens with zero attached hydrogens (tertiary/aromatic N) is 2. The number of nitrogens with one attached hydrogen (secondary N) is 2. The first-order valence-electron chi connectivity index (χ1n) is 8.46. The van der Waals surface area contributed by atoms with Crippen LogP contribution in [0, 0.1) is 5.92 Å². The molecule has 0 aliphatic heterocycles. The van der Waals surface area contributed by atoms with Crippen molar-refractivity contribution in [2.75, 3.05) is 34.3 Å². The Morgan fingerprint density at radius 2 is 2.04 bits per heavy atom. The molecule has 1 fully saturated rings. The van der Waals surface area contributed by atoms with Crippen LogP contribution in [0.4, 0.5) is 0 Å². The van der Waals surface area contributed by atoms with Crippen LogP contribution in [-0.4, -0.2) is 51.2 Å². The SMILES string of the molecule is CCNC(=NCc1ccccc1OC)NCC(C1CC1)N(C)C. The van der Waals surface area contributed by atoms with Crippen LogP contribution in [0.15, 0.2) is 29.3 Å². The lowest BCUT2D eigenvalue weighted by atomic mass is 10.1. The molecule has 5 nitrogen and oxygen atoms in total. The molecule has 23 heavy (non-hydrogen) atoms. The molecule has 128 valence electrons. The van der Waals surface area contributed by atoms with Crippen LogP contribution in [0.25, 0.3) is 0 Å². The van der Waals surface area contributed by atoms with E-state index < -0.39 is 0 Å². The number of para-hydroxylation sites is 1. The molecule has 0 aromatic heterocycles. The lowest BCUT2D eigenvalue weighted by Crippen LogP contribution is -2.46. The van der Waals surface area contributed by atoms with Gasteiger partial charge in [-0.3, -0.25) is 0 Å². The number of ether oxygens (including phenoxy) is 1. The van der Waals surface area contributed by atoms with Gasteiger partial charge in [0.1, 0.15) is 5.75 Å². The van der Waals surface area contributed by atoms with Crippen molar-refractivity contribution in [3.8, 4) is 5.75 Å². The molecule has 0 bridgehead atoms. The fourth-order valence-electron chi connectivity index (χ4n) is 2.79. The van der Waals surface area contributed by atoms with Gasteiger partial charge in [-0.25, -0.2) is 4.99 Å². The Hall–Kier alpha value is -1.75. The number of hydrogen-bond acceptors (Lipinski definition) is 3. The van der Waals surface area contributed by atoms with Gasteiger partial charge in [-0.1, -0.05) is 18.2 Å². The molecule has 5 heteroatoms. The molecule has 1 atom stereocenters. The summed E-state index contributed by atoms with van der Waals surface area (Å²) >= 11 is 0. The van der Waals surface area contributed by atoms with Crippen LogP contribution in [0.5, 0.6) is 5.75 Å². The minimum atomic E-state index is 0.574. The second-order valence-corrected chi connectivity index (χ2v) is 6.26. The Bertz CT molecular complexity index is 509. The van der Waals surface area contributed by atoms with Gasteiger partial charge in [0.25, 0.3) is 0 Å². The van der Waals surface area contributed by atoms with Gasteiger partial charge in [0.2, 0.25) is 0 Å². The molecule has 2 N–H and O–H groups in total. The fourth-order valence-corrected chi connectivity index (χ4v) is 2.79. The third kappa shape index (κ3) is 5.43. The van der Waals surface area contributed by atoms with E-state index in [1.807, 2.05) is 18.2 Å². The van der Waals surface area contributed by atoms with E-state index in [2.05, 4.69) is 42.6 Å². The standard InChI is InChI=1S/C18H30N4O/c1-5-19-18(21-13-16(22(2)3)14-10-11-14)20-12-15-8-6-7-9-17(15)23-4/h6-9,14,16H,5,10-13H2,1-4H3,(H2,19,20,21). The van der Waals surface area contributed by atoms with Gasteiger partial charge in [-0.05, 0) is 45.8 Å². The van der Waals surface area contributed by atoms with Crippen LogP contribution >= 0.6 is 0 Å². The first-order chi connectivity index (χ1) is 11.2. The second-order valence-electron chi connectivity index (χ2n) is 6.26. The summed E-state index contributed by atoms with van der Waals surface area (Å²) in [6, 6.07) is 8.60. The van der Waals surface area contributed by atoms with E-state index in [4.69, 9.17) is 9.73 Å². The van der Waals surface area contributed by atoms with Crippen LogP contribution < -0.4 is 15.4 Å². The number of aliphatic imine (C=N–C) groups is 1. The first kappa shape index (κ1) is 17.6. The van der Waals surface area contributed by atoms with Gasteiger partial charge in [0, 0.05) is 24.7 Å². The number of methoxy groups -OCH3 is 1. The van der Waals surface area contributed by atoms with E-state index >= 15 is 0 Å². The van der Waals surface area contributed by atoms with Crippen molar-refractivity contribution >= 4 is 5.96 Å². The minimum Gasteiger partial charge on any atom is -0.496 e. The fraction of sp³-hybridized carbons (Fsp3) is 0.611. The van der Waals surface area contributed by atoms with Gasteiger partial charge in [-0.15, -0.1) is 0 Å². The molecular weight excluding hydrogens is 288 g/mol. The van der Waals surface area contributed by atoms with E-state index in [1.165, 1.54) is 12.8 Å². The van der Waals surface area contributed by atoms with E-state index in [0.29, 0.717) is 12.6 Å². The van der Waals surface area contributed by atoms with E-state index in [9.17, 15) is 0 Å². The van der Waals surface area contributed by atoms with Gasteiger partial charge in [0.15, 0.2) is 5.96 Å². The normalized spacial score (nSPS) is 16.3. The van der Waals surface area contributed by atoms with Gasteiger partial charge >= 0.3 is 0 Å². The lowest BCUT2D eigenvalue weighted by molar-refractivity contribution is 0.264. The predicted molar refractivity (Wildman–Crippen MR) is 96.0 cm³/mol. The highest BCUT2D eigenvalue weighted by atomic mass is 16.5. The smallest absolute Gasteiger partial charge is 0.191 e. The molecule has 0 radical (unpaired) electrons. The number of hydrogen-bond donors (Lipinski definition) is 2. The Kier molecular flexibility index (Phi) is 6.71. The molecule has 1 aliphatic carbocycles. The summed E-state index contributed by atoms with van der Waals surface area (Å²) in [5.74, 6) is 2.58. The Labute approximate surface area is 140 Å². The van der Waals surface area contributed by atoms with Crippen molar-refractivity contribution in [1.29, 1.82) is 0 Å². The molecule has 1 saturated carbocycles. The summed E-state index contributed by atoms with van der Waals surface area (Å²) in [4.78, 5) is 7.01. The summed E-state index contributed by atoms with van der Waals surface area (Å²) in [5.41, 5.74) is 1.10. The van der Waals surface area contributed by atoms with Crippen LogP contribution in [-0.2, 0) is 6.54 Å². The lowest BCUT2D eigenvalue weighted by Gasteiger charge is -2.25. The van der Waals surface area contributed by atoms with Crippen molar-refractivity contribution in [1.82, 2.24) is 15.5 Å². The topological polar surface area (TPSA) is 48.9 Å². The zero-order valence-electron chi connectivity index (χ0n) is 14.8. The van der Waals surface area contributed by atoms with Crippen molar-refractivity contribution in [2.24, 2.45) is 10.9 Å². The Morgan fingerprint density at radius 1 is 1.30 bits per heavy atom. The van der Waals surface area contributed by atoms with Gasteiger partial charge in [-0.2, -0.15) is 0 Å². The molecule has 1 aromatic carbocycles. The van der Waals surface area contributed by atoms with E-state index in [1.54, 1.807) is 7.11 Å². The summed E-state index contributed by atoms with van der Waals surface area (Å²) in [6.07, 6.45) is 2.69. The molecule has 1 unspecified atom stereocenters. The maximum absolute atomic E-state index is 5.39. The summed E-state index contributed by atoms with van der Waals surface area (Å²) in [6.45, 7) is 4.48. The zero-order chi connectivity index (χ0) is 16.7. The third-order valence-corrected chi connectivity index (χ3v) is 4.25. The molecule has 0 spiro atoms. The average molecular weight is 318 g/mol. The highest BCUT2D eigenvalue weighted by molar-refractivity contribution is 5.79. The summed E-state index contributed by atoms with van der Waals surface area (Å²) in [7, 11) is 6.01. The highest BCUT2D eigenvalue weighted by Gasteiger charge is 2.32. The summed E-state index contributed by atoms with van der Waals surface area (Å²) in [5, 5.41) is 6.81. The summed E-state index contributed by atoms with van der Waals surface area (Å²) < 4.78 is 5.39. The molecule has 0 saturated heterocycles. The predicted octanol–water partition coefficient (Wildman–Crippen LogP) is 2.09. The van der Waals surface area contributed by atoms with Crippen LogP contribution in [0.2, 0.25) is 0 Å². The van der Waals surface area contributed by atoms with E-state index in [0.717, 1.165) is 36.3 Å². The minimum absolute atomic E-state index is 0.574. The maximum Gasteiger partial charge on any atom is 0.191 e. The molecule has 1 aromatic rings. The quantitative estimate of drug-likeness (QED) is 0.569. The van der Waals surface area contributed by atoms with Crippen LogP contribution in [0.3, 0.4) is 0 Å².